The van der Waals surface area contributed by atoms with Crippen molar-refractivity contribution in [1.29, 1.82) is 0 Å². The van der Waals surface area contributed by atoms with Gasteiger partial charge in [0.2, 0.25) is 5.91 Å². The predicted molar refractivity (Wildman–Crippen MR) is 112 cm³/mol. The summed E-state index contributed by atoms with van der Waals surface area (Å²) >= 11 is 5.87. The first kappa shape index (κ1) is 19.6. The lowest BCUT2D eigenvalue weighted by atomic mass is 10.1. The van der Waals surface area contributed by atoms with Gasteiger partial charge in [-0.05, 0) is 41.5 Å². The van der Waals surface area contributed by atoms with Gasteiger partial charge in [-0.25, -0.2) is 0 Å². The van der Waals surface area contributed by atoms with E-state index in [0.717, 1.165) is 11.1 Å². The first-order chi connectivity index (χ1) is 13.5. The van der Waals surface area contributed by atoms with Crippen LogP contribution in [0.5, 0.6) is 0 Å². The summed E-state index contributed by atoms with van der Waals surface area (Å²) in [5.74, 6) is -0.248. The maximum atomic E-state index is 12.7. The minimum atomic E-state index is -0.149. The molecule has 0 bridgehead atoms. The minimum absolute atomic E-state index is 0.0994. The minimum Gasteiger partial charge on any atom is -0.337 e. The maximum Gasteiger partial charge on any atom is 0.253 e. The monoisotopic (exact) mass is 392 g/mol. The molecule has 0 aliphatic rings. The Morgan fingerprint density at radius 2 is 1.61 bits per heavy atom. The van der Waals surface area contributed by atoms with E-state index in [1.807, 2.05) is 42.5 Å². The summed E-state index contributed by atoms with van der Waals surface area (Å²) in [6, 6.07) is 23.9. The first-order valence-corrected chi connectivity index (χ1v) is 9.33. The van der Waals surface area contributed by atoms with Crippen LogP contribution in [0, 0.1) is 0 Å². The zero-order chi connectivity index (χ0) is 19.9. The molecule has 0 saturated heterocycles. The van der Waals surface area contributed by atoms with Gasteiger partial charge in [0, 0.05) is 29.9 Å². The van der Waals surface area contributed by atoms with Gasteiger partial charge >= 0.3 is 0 Å². The summed E-state index contributed by atoms with van der Waals surface area (Å²) in [5, 5.41) is 3.48. The normalized spacial score (nSPS) is 10.4. The Morgan fingerprint density at radius 3 is 2.32 bits per heavy atom. The number of carbonyl (C=O) groups is 2. The molecule has 28 heavy (non-hydrogen) atoms. The van der Waals surface area contributed by atoms with Crippen LogP contribution < -0.4 is 5.32 Å². The van der Waals surface area contributed by atoms with Crippen LogP contribution in [0.4, 0.5) is 5.69 Å². The highest BCUT2D eigenvalue weighted by molar-refractivity contribution is 6.30. The molecule has 0 radical (unpaired) electrons. The molecule has 3 aromatic carbocycles. The van der Waals surface area contributed by atoms with E-state index in [1.54, 1.807) is 48.3 Å². The van der Waals surface area contributed by atoms with Crippen LogP contribution in [0.3, 0.4) is 0 Å². The van der Waals surface area contributed by atoms with Crippen LogP contribution in [-0.4, -0.2) is 23.8 Å². The van der Waals surface area contributed by atoms with Crippen molar-refractivity contribution < 1.29 is 9.59 Å². The Hall–Kier alpha value is -3.11. The number of rotatable bonds is 6. The molecule has 0 heterocycles. The predicted octanol–water partition coefficient (Wildman–Crippen LogP) is 4.79. The summed E-state index contributed by atoms with van der Waals surface area (Å²) in [4.78, 5) is 26.7. The van der Waals surface area contributed by atoms with Crippen molar-refractivity contribution in [3.63, 3.8) is 0 Å². The summed E-state index contributed by atoms with van der Waals surface area (Å²) < 4.78 is 0. The van der Waals surface area contributed by atoms with Gasteiger partial charge in [0.25, 0.3) is 5.91 Å². The highest BCUT2D eigenvalue weighted by atomic mass is 35.5. The van der Waals surface area contributed by atoms with Crippen molar-refractivity contribution >= 4 is 29.1 Å². The molecule has 0 saturated carbocycles. The molecule has 0 aromatic heterocycles. The quantitative estimate of drug-likeness (QED) is 0.655. The van der Waals surface area contributed by atoms with E-state index in [0.29, 0.717) is 22.8 Å². The number of halogens is 1. The third-order valence-electron chi connectivity index (χ3n) is 4.28. The zero-order valence-corrected chi connectivity index (χ0v) is 16.3. The number of nitrogens with zero attached hydrogens (tertiary/aromatic N) is 1. The van der Waals surface area contributed by atoms with E-state index in [-0.39, 0.29) is 18.2 Å². The third kappa shape index (κ3) is 5.44. The van der Waals surface area contributed by atoms with Crippen LogP contribution in [0.15, 0.2) is 78.9 Å². The smallest absolute Gasteiger partial charge is 0.253 e. The Kier molecular flexibility index (Phi) is 6.45. The number of benzene rings is 3. The molecule has 1 N–H and O–H groups in total. The van der Waals surface area contributed by atoms with Gasteiger partial charge in [-0.3, -0.25) is 9.59 Å². The summed E-state index contributed by atoms with van der Waals surface area (Å²) in [5.41, 5.74) is 3.06. The Morgan fingerprint density at radius 1 is 0.893 bits per heavy atom. The number of amides is 2. The van der Waals surface area contributed by atoms with Crippen molar-refractivity contribution in [3.8, 4) is 0 Å². The second-order valence-corrected chi connectivity index (χ2v) is 7.02. The fourth-order valence-corrected chi connectivity index (χ4v) is 3.00. The molecule has 0 unspecified atom stereocenters. The average Bonchev–Trinajstić information content (AvgIpc) is 2.70. The van der Waals surface area contributed by atoms with Crippen LogP contribution in [0.2, 0.25) is 5.02 Å². The van der Waals surface area contributed by atoms with Crippen LogP contribution in [0.1, 0.15) is 21.5 Å². The standard InChI is InChI=1S/C23H21ClN2O2/c1-26(16-18-6-3-2-4-7-18)23(28)19-8-5-9-21(15-19)25-22(27)14-17-10-12-20(24)13-11-17/h2-13,15H,14,16H2,1H3,(H,25,27). The van der Waals surface area contributed by atoms with Crippen molar-refractivity contribution in [2.45, 2.75) is 13.0 Å². The van der Waals surface area contributed by atoms with Gasteiger partial charge in [0.1, 0.15) is 0 Å². The topological polar surface area (TPSA) is 49.4 Å². The number of carbonyl (C=O) groups excluding carboxylic acids is 2. The summed E-state index contributed by atoms with van der Waals surface area (Å²) in [6.45, 7) is 0.521. The molecular formula is C23H21ClN2O2. The van der Waals surface area contributed by atoms with E-state index < -0.39 is 0 Å². The van der Waals surface area contributed by atoms with Crippen molar-refractivity contribution in [2.75, 3.05) is 12.4 Å². The van der Waals surface area contributed by atoms with Gasteiger partial charge in [-0.1, -0.05) is 60.1 Å². The molecule has 4 nitrogen and oxygen atoms in total. The SMILES string of the molecule is CN(Cc1ccccc1)C(=O)c1cccc(NC(=O)Cc2ccc(Cl)cc2)c1. The number of hydrogen-bond acceptors (Lipinski definition) is 2. The first-order valence-electron chi connectivity index (χ1n) is 8.95. The molecular weight excluding hydrogens is 372 g/mol. The van der Waals surface area contributed by atoms with Crippen LogP contribution in [-0.2, 0) is 17.8 Å². The Balaban J connectivity index is 1.63. The van der Waals surface area contributed by atoms with E-state index in [1.165, 1.54) is 0 Å². The number of anilines is 1. The molecule has 0 fully saturated rings. The second-order valence-electron chi connectivity index (χ2n) is 6.58. The van der Waals surface area contributed by atoms with Crippen molar-refractivity contribution in [2.24, 2.45) is 0 Å². The molecule has 0 aliphatic heterocycles. The fraction of sp³-hybridized carbons (Fsp3) is 0.130. The van der Waals surface area contributed by atoms with E-state index in [4.69, 9.17) is 11.6 Å². The van der Waals surface area contributed by atoms with Crippen molar-refractivity contribution in [3.05, 3.63) is 101 Å². The molecule has 0 atom stereocenters. The van der Waals surface area contributed by atoms with Gasteiger partial charge in [-0.15, -0.1) is 0 Å². The van der Waals surface area contributed by atoms with Crippen LogP contribution in [0.25, 0.3) is 0 Å². The Bertz CT molecular complexity index is 956. The highest BCUT2D eigenvalue weighted by Gasteiger charge is 2.13. The third-order valence-corrected chi connectivity index (χ3v) is 4.53. The average molecular weight is 393 g/mol. The maximum absolute atomic E-state index is 12.7. The summed E-state index contributed by atoms with van der Waals surface area (Å²) in [6.07, 6.45) is 0.239. The van der Waals surface area contributed by atoms with E-state index >= 15 is 0 Å². The number of hydrogen-bond donors (Lipinski definition) is 1. The molecule has 3 aromatic rings. The van der Waals surface area contributed by atoms with E-state index in [2.05, 4.69) is 5.32 Å². The molecule has 0 aliphatic carbocycles. The summed E-state index contributed by atoms with van der Waals surface area (Å²) in [7, 11) is 1.77. The largest absolute Gasteiger partial charge is 0.337 e. The highest BCUT2D eigenvalue weighted by Crippen LogP contribution is 2.15. The van der Waals surface area contributed by atoms with E-state index in [9.17, 15) is 9.59 Å². The van der Waals surface area contributed by atoms with Gasteiger partial charge in [0.15, 0.2) is 0 Å². The lowest BCUT2D eigenvalue weighted by Crippen LogP contribution is -2.26. The van der Waals surface area contributed by atoms with Gasteiger partial charge in [-0.2, -0.15) is 0 Å². The second kappa shape index (κ2) is 9.20. The number of nitrogens with one attached hydrogen (secondary N) is 1. The van der Waals surface area contributed by atoms with Gasteiger partial charge < -0.3 is 10.2 Å². The van der Waals surface area contributed by atoms with Gasteiger partial charge in [0.05, 0.1) is 6.42 Å². The zero-order valence-electron chi connectivity index (χ0n) is 15.6. The Labute approximate surface area is 169 Å². The molecule has 142 valence electrons. The molecule has 3 rings (SSSR count). The van der Waals surface area contributed by atoms with Crippen LogP contribution >= 0.6 is 11.6 Å². The molecule has 2 amide bonds. The molecule has 0 spiro atoms. The lowest BCUT2D eigenvalue weighted by molar-refractivity contribution is -0.115. The lowest BCUT2D eigenvalue weighted by Gasteiger charge is -2.18. The molecule has 5 heteroatoms. The fourth-order valence-electron chi connectivity index (χ4n) is 2.87. The van der Waals surface area contributed by atoms with Crippen molar-refractivity contribution in [1.82, 2.24) is 4.90 Å².